The lowest BCUT2D eigenvalue weighted by Crippen LogP contribution is -2.14. The van der Waals surface area contributed by atoms with Crippen LogP contribution in [0.2, 0.25) is 0 Å². The van der Waals surface area contributed by atoms with Crippen LogP contribution in [0.5, 0.6) is 0 Å². The largest absolute Gasteiger partial charge is 0.397 e. The minimum absolute atomic E-state index is 0.235. The molecule has 4 aromatic rings. The van der Waals surface area contributed by atoms with Crippen LogP contribution in [0, 0.1) is 0 Å². The Bertz CT molecular complexity index is 1550. The van der Waals surface area contributed by atoms with Crippen molar-refractivity contribution in [3.63, 3.8) is 0 Å². The molecule has 0 saturated heterocycles. The van der Waals surface area contributed by atoms with Crippen LogP contribution in [0.3, 0.4) is 0 Å². The highest BCUT2D eigenvalue weighted by molar-refractivity contribution is 7.89. The Balaban J connectivity index is 0.000000291. The summed E-state index contributed by atoms with van der Waals surface area (Å²) in [5.41, 5.74) is 20.9. The third-order valence-corrected chi connectivity index (χ3v) is 6.18. The number of anilines is 4. The predicted molar refractivity (Wildman–Crippen MR) is 139 cm³/mol. The van der Waals surface area contributed by atoms with E-state index in [2.05, 4.69) is 30.8 Å². The standard InChI is InChI=1S/C14H14N2O6S2.2C3H4N4/c15-11-8-10(7-6-9-4-2-1-3-5-9)13(23(17,18)19)14(12(11)16)24(20,21)22;2*4-3-1-2-5-7-6-3/h1-8H,15-16H2,(H,17,18,19)(H,20,21,22);2*1-2H,(H2,4,5,6). The average Bonchev–Trinajstić information content (AvgIpc) is 2.85. The van der Waals surface area contributed by atoms with E-state index in [0.717, 1.165) is 6.07 Å². The van der Waals surface area contributed by atoms with Gasteiger partial charge in [0.1, 0.15) is 21.4 Å². The molecule has 4 rings (SSSR count). The lowest BCUT2D eigenvalue weighted by atomic mass is 10.1. The highest BCUT2D eigenvalue weighted by Gasteiger charge is 2.30. The van der Waals surface area contributed by atoms with Crippen molar-refractivity contribution in [2.75, 3.05) is 22.9 Å². The minimum Gasteiger partial charge on any atom is -0.397 e. The summed E-state index contributed by atoms with van der Waals surface area (Å²) in [6.45, 7) is 0. The van der Waals surface area contributed by atoms with Crippen LogP contribution in [0.4, 0.5) is 23.0 Å². The Morgan fingerprint density at radius 3 is 1.55 bits per heavy atom. The lowest BCUT2D eigenvalue weighted by molar-refractivity contribution is 0.467. The van der Waals surface area contributed by atoms with Gasteiger partial charge in [-0.25, -0.2) is 0 Å². The zero-order chi connectivity index (χ0) is 28.3. The molecule has 2 aromatic heterocycles. The Hall–Kier alpha value is -4.78. The number of hydrogen-bond donors (Lipinski definition) is 6. The SMILES string of the molecule is Nc1cc(C=Cc2ccccc2)c(S(=O)(=O)O)c(S(=O)(=O)O)c1N.Nc1ccnnn1.Nc1ccnnn1. The van der Waals surface area contributed by atoms with Crippen molar-refractivity contribution in [3.05, 3.63) is 72.1 Å². The molecule has 38 heavy (non-hydrogen) atoms. The number of nitrogens with two attached hydrogens (primary N) is 4. The molecule has 2 aromatic carbocycles. The molecule has 16 nitrogen and oxygen atoms in total. The van der Waals surface area contributed by atoms with Gasteiger partial charge >= 0.3 is 0 Å². The Labute approximate surface area is 216 Å². The van der Waals surface area contributed by atoms with Crippen LogP contribution in [0.25, 0.3) is 12.2 Å². The van der Waals surface area contributed by atoms with Gasteiger partial charge in [-0.1, -0.05) is 42.5 Å². The first-order valence-electron chi connectivity index (χ1n) is 10.0. The third-order valence-electron chi connectivity index (χ3n) is 4.15. The van der Waals surface area contributed by atoms with Gasteiger partial charge in [-0.3, -0.25) is 9.11 Å². The fraction of sp³-hybridized carbons (Fsp3) is 0. The number of nitrogen functional groups attached to an aromatic ring is 4. The Kier molecular flexibility index (Phi) is 10.0. The maximum atomic E-state index is 11.6. The Morgan fingerprint density at radius 2 is 1.18 bits per heavy atom. The van der Waals surface area contributed by atoms with E-state index >= 15 is 0 Å². The highest BCUT2D eigenvalue weighted by Crippen LogP contribution is 2.35. The summed E-state index contributed by atoms with van der Waals surface area (Å²) >= 11 is 0. The zero-order valence-electron chi connectivity index (χ0n) is 19.3. The molecule has 0 atom stereocenters. The molecule has 0 amide bonds. The van der Waals surface area contributed by atoms with Crippen molar-refractivity contribution in [2.45, 2.75) is 9.79 Å². The van der Waals surface area contributed by atoms with E-state index in [9.17, 15) is 25.9 Å². The van der Waals surface area contributed by atoms with Crippen molar-refractivity contribution < 1.29 is 25.9 Å². The number of rotatable bonds is 4. The van der Waals surface area contributed by atoms with Crippen molar-refractivity contribution in [3.8, 4) is 0 Å². The van der Waals surface area contributed by atoms with E-state index in [-0.39, 0.29) is 11.3 Å². The van der Waals surface area contributed by atoms with Crippen molar-refractivity contribution >= 4 is 55.4 Å². The first-order chi connectivity index (χ1) is 17.8. The van der Waals surface area contributed by atoms with Crippen LogP contribution in [-0.2, 0) is 20.2 Å². The smallest absolute Gasteiger partial charge is 0.298 e. The second kappa shape index (κ2) is 13.0. The van der Waals surface area contributed by atoms with Crippen molar-refractivity contribution in [1.82, 2.24) is 30.8 Å². The molecule has 0 saturated carbocycles. The summed E-state index contributed by atoms with van der Waals surface area (Å²) < 4.78 is 65.0. The van der Waals surface area contributed by atoms with Crippen LogP contribution >= 0.6 is 0 Å². The number of aromatic nitrogens is 6. The topological polar surface area (TPSA) is 290 Å². The molecular formula is C20H22N10O6S2. The molecule has 0 aliphatic rings. The summed E-state index contributed by atoms with van der Waals surface area (Å²) in [5, 5.41) is 20.1. The van der Waals surface area contributed by atoms with Crippen LogP contribution < -0.4 is 22.9 Å². The fourth-order valence-corrected chi connectivity index (χ4v) is 4.74. The summed E-state index contributed by atoms with van der Waals surface area (Å²) in [6, 6.07) is 12.9. The Morgan fingerprint density at radius 1 is 0.684 bits per heavy atom. The first kappa shape index (κ1) is 29.5. The summed E-state index contributed by atoms with van der Waals surface area (Å²) in [4.78, 5) is -2.19. The van der Waals surface area contributed by atoms with Gasteiger partial charge in [0.05, 0.1) is 23.8 Å². The van der Waals surface area contributed by atoms with Crippen molar-refractivity contribution in [2.24, 2.45) is 0 Å². The van der Waals surface area contributed by atoms with Gasteiger partial charge in [-0.15, -0.1) is 20.4 Å². The van der Waals surface area contributed by atoms with Gasteiger partial charge in [-0.2, -0.15) is 16.8 Å². The fourth-order valence-electron chi connectivity index (χ4n) is 2.59. The molecule has 2 heterocycles. The number of hydrogen-bond acceptors (Lipinski definition) is 14. The molecule has 18 heteroatoms. The summed E-state index contributed by atoms with van der Waals surface area (Å²) in [5.74, 6) is 0.796. The van der Waals surface area contributed by atoms with Crippen LogP contribution in [0.1, 0.15) is 11.1 Å². The van der Waals surface area contributed by atoms with Gasteiger partial charge in [0.25, 0.3) is 20.2 Å². The molecule has 0 fully saturated rings. The molecule has 200 valence electrons. The van der Waals surface area contributed by atoms with Gasteiger partial charge in [-0.05, 0) is 27.6 Å². The first-order valence-corrected chi connectivity index (χ1v) is 12.9. The van der Waals surface area contributed by atoms with E-state index in [1.54, 1.807) is 42.5 Å². The molecule has 0 bridgehead atoms. The second-order valence-corrected chi connectivity index (χ2v) is 9.63. The minimum atomic E-state index is -5.05. The normalized spacial score (nSPS) is 11.1. The quantitative estimate of drug-likeness (QED) is 0.111. The average molecular weight is 563 g/mol. The summed E-state index contributed by atoms with van der Waals surface area (Å²) in [6.07, 6.45) is 5.70. The highest BCUT2D eigenvalue weighted by atomic mass is 32.2. The predicted octanol–water partition coefficient (Wildman–Crippen LogP) is 0.422. The molecule has 0 unspecified atom stereocenters. The molecular weight excluding hydrogens is 540 g/mol. The van der Waals surface area contributed by atoms with E-state index in [4.69, 9.17) is 22.9 Å². The molecule has 0 spiro atoms. The molecule has 0 aliphatic carbocycles. The van der Waals surface area contributed by atoms with Crippen LogP contribution in [-0.4, -0.2) is 56.8 Å². The number of benzene rings is 2. The zero-order valence-corrected chi connectivity index (χ0v) is 20.9. The van der Waals surface area contributed by atoms with Gasteiger partial charge in [0.2, 0.25) is 0 Å². The second-order valence-electron chi connectivity index (χ2n) is 6.91. The third kappa shape index (κ3) is 9.02. The lowest BCUT2D eigenvalue weighted by Gasteiger charge is -2.13. The maximum absolute atomic E-state index is 11.6. The molecule has 0 aliphatic heterocycles. The van der Waals surface area contributed by atoms with E-state index < -0.39 is 35.7 Å². The van der Waals surface area contributed by atoms with E-state index in [0.29, 0.717) is 17.2 Å². The van der Waals surface area contributed by atoms with Crippen LogP contribution in [0.15, 0.2) is 70.7 Å². The molecule has 0 radical (unpaired) electrons. The maximum Gasteiger partial charge on any atom is 0.298 e. The van der Waals surface area contributed by atoms with Crippen molar-refractivity contribution in [1.29, 1.82) is 0 Å². The van der Waals surface area contributed by atoms with Gasteiger partial charge in [0, 0.05) is 12.1 Å². The van der Waals surface area contributed by atoms with E-state index in [1.807, 2.05) is 0 Å². The summed E-state index contributed by atoms with van der Waals surface area (Å²) in [7, 11) is -10.1. The van der Waals surface area contributed by atoms with Gasteiger partial charge < -0.3 is 22.9 Å². The van der Waals surface area contributed by atoms with E-state index in [1.165, 1.54) is 24.5 Å². The molecule has 10 N–H and O–H groups in total. The monoisotopic (exact) mass is 562 g/mol. The number of nitrogens with zero attached hydrogens (tertiary/aromatic N) is 6. The van der Waals surface area contributed by atoms with Gasteiger partial charge in [0.15, 0.2) is 0 Å².